The maximum Gasteiger partial charge on any atom is 0.501 e. The lowest BCUT2D eigenvalue weighted by molar-refractivity contribution is -0.139. The first-order valence-corrected chi connectivity index (χ1v) is 12.2. The molecule has 0 fully saturated rings. The Hall–Kier alpha value is -3.58. The quantitative estimate of drug-likeness (QED) is 0.475. The summed E-state index contributed by atoms with van der Waals surface area (Å²) in [4.78, 5) is 9.44. The minimum Gasteiger partial charge on any atom is -0.482 e. The molecule has 180 valence electrons. The number of sulfone groups is 2. The Morgan fingerprint density at radius 2 is 1.09 bits per heavy atom. The number of halogens is 3. The Bertz CT molecular complexity index is 1380. The molecule has 13 heteroatoms. The maximum absolute atomic E-state index is 12.8. The van der Waals surface area contributed by atoms with Gasteiger partial charge in [-0.1, -0.05) is 0 Å². The molecular weight excluding hydrogens is 501 g/mol. The molecule has 0 radical (unpaired) electrons. The van der Waals surface area contributed by atoms with E-state index >= 15 is 0 Å². The van der Waals surface area contributed by atoms with Gasteiger partial charge in [-0.05, 0) is 72.8 Å². The lowest BCUT2D eigenvalue weighted by Gasteiger charge is -2.10. The van der Waals surface area contributed by atoms with Crippen molar-refractivity contribution in [2.45, 2.75) is 20.2 Å². The second kappa shape index (κ2) is 9.35. The van der Waals surface area contributed by atoms with Gasteiger partial charge in [0.1, 0.15) is 17.2 Å². The van der Waals surface area contributed by atoms with Crippen molar-refractivity contribution in [3.63, 3.8) is 0 Å². The van der Waals surface area contributed by atoms with Gasteiger partial charge in [0.05, 0.1) is 14.7 Å². The molecule has 0 aliphatic heterocycles. The fraction of sp³-hybridized carbons (Fsp3) is 0.0952. The van der Waals surface area contributed by atoms with Crippen LogP contribution in [0.25, 0.3) is 0 Å². The van der Waals surface area contributed by atoms with Crippen LogP contribution in [0.15, 0.2) is 87.5 Å². The van der Waals surface area contributed by atoms with Gasteiger partial charge in [0.25, 0.3) is 9.84 Å². The first kappa shape index (κ1) is 25.1. The normalized spacial score (nSPS) is 12.2. The topological polar surface area (TPSA) is 124 Å². The Morgan fingerprint density at radius 3 is 1.47 bits per heavy atom. The average molecular weight is 516 g/mol. The van der Waals surface area contributed by atoms with E-state index in [2.05, 4.69) is 0 Å². The van der Waals surface area contributed by atoms with E-state index in [0.717, 1.165) is 24.3 Å². The fourth-order valence-corrected chi connectivity index (χ4v) is 4.66. The third-order valence-electron chi connectivity index (χ3n) is 4.30. The summed E-state index contributed by atoms with van der Waals surface area (Å²) >= 11 is 0. The van der Waals surface area contributed by atoms with E-state index < -0.39 is 42.7 Å². The number of aliphatic carboxylic acids is 1. The van der Waals surface area contributed by atoms with Crippen molar-refractivity contribution in [1.82, 2.24) is 0 Å². The number of hydrogen-bond donors (Lipinski definition) is 1. The van der Waals surface area contributed by atoms with E-state index in [4.69, 9.17) is 14.6 Å². The second-order valence-electron chi connectivity index (χ2n) is 6.65. The van der Waals surface area contributed by atoms with Crippen molar-refractivity contribution in [3.8, 4) is 17.2 Å². The minimum absolute atomic E-state index is 0.0358. The Labute approximate surface area is 192 Å². The van der Waals surface area contributed by atoms with Crippen molar-refractivity contribution >= 4 is 25.6 Å². The number of rotatable bonds is 8. The number of carboxylic acid groups (broad SMARTS) is 1. The van der Waals surface area contributed by atoms with Gasteiger partial charge >= 0.3 is 11.5 Å². The van der Waals surface area contributed by atoms with E-state index in [1.807, 2.05) is 0 Å². The van der Waals surface area contributed by atoms with Crippen molar-refractivity contribution < 1.29 is 49.4 Å². The van der Waals surface area contributed by atoms with Gasteiger partial charge < -0.3 is 14.6 Å². The van der Waals surface area contributed by atoms with Crippen LogP contribution in [-0.2, 0) is 24.5 Å². The predicted octanol–water partition coefficient (Wildman–Crippen LogP) is 4.07. The van der Waals surface area contributed by atoms with Crippen LogP contribution in [0.3, 0.4) is 0 Å². The summed E-state index contributed by atoms with van der Waals surface area (Å²) in [5.74, 6) is -0.808. The fourth-order valence-electron chi connectivity index (χ4n) is 2.64. The van der Waals surface area contributed by atoms with E-state index in [0.29, 0.717) is 0 Å². The molecule has 0 aromatic heterocycles. The summed E-state index contributed by atoms with van der Waals surface area (Å²) in [5, 5.41) is 8.60. The molecule has 0 saturated heterocycles. The van der Waals surface area contributed by atoms with Crippen LogP contribution in [0.2, 0.25) is 0 Å². The van der Waals surface area contributed by atoms with Crippen molar-refractivity contribution in [2.75, 3.05) is 6.61 Å². The molecule has 0 aliphatic carbocycles. The monoisotopic (exact) mass is 516 g/mol. The summed E-state index contributed by atoms with van der Waals surface area (Å²) in [7, 11) is -9.39. The van der Waals surface area contributed by atoms with E-state index in [-0.39, 0.29) is 27.0 Å². The van der Waals surface area contributed by atoms with Gasteiger partial charge in [0.15, 0.2) is 6.61 Å². The van der Waals surface area contributed by atoms with E-state index in [9.17, 15) is 34.8 Å². The summed E-state index contributed by atoms with van der Waals surface area (Å²) in [5.41, 5.74) is -5.43. The highest BCUT2D eigenvalue weighted by molar-refractivity contribution is 7.92. The number of carbonyl (C=O) groups is 1. The Morgan fingerprint density at radius 1 is 0.706 bits per heavy atom. The number of hydrogen-bond acceptors (Lipinski definition) is 7. The van der Waals surface area contributed by atoms with Crippen LogP contribution < -0.4 is 9.47 Å². The third kappa shape index (κ3) is 5.48. The zero-order valence-electron chi connectivity index (χ0n) is 16.9. The lowest BCUT2D eigenvalue weighted by Crippen LogP contribution is -2.23. The predicted molar refractivity (Wildman–Crippen MR) is 111 cm³/mol. The largest absolute Gasteiger partial charge is 0.501 e. The molecule has 34 heavy (non-hydrogen) atoms. The maximum atomic E-state index is 12.8. The van der Waals surface area contributed by atoms with Gasteiger partial charge in [-0.15, -0.1) is 0 Å². The molecule has 3 aromatic rings. The first-order valence-electron chi connectivity index (χ1n) is 9.20. The van der Waals surface area contributed by atoms with Gasteiger partial charge in [0, 0.05) is 0 Å². The SMILES string of the molecule is O=C(O)COc1ccc(S(=O)(=O)c2ccc(Oc3ccc(S(=O)(=O)C(F)(F)F)cc3)cc2)cc1. The molecule has 0 spiro atoms. The number of alkyl halides is 3. The lowest BCUT2D eigenvalue weighted by atomic mass is 10.3. The molecule has 0 bridgehead atoms. The molecule has 0 atom stereocenters. The third-order valence-corrected chi connectivity index (χ3v) is 7.59. The van der Waals surface area contributed by atoms with Crippen LogP contribution >= 0.6 is 0 Å². The Kier molecular flexibility index (Phi) is 6.89. The second-order valence-corrected chi connectivity index (χ2v) is 10.5. The average Bonchev–Trinajstić information content (AvgIpc) is 2.78. The van der Waals surface area contributed by atoms with E-state index in [1.165, 1.54) is 48.5 Å². The Balaban J connectivity index is 1.73. The molecule has 0 unspecified atom stereocenters. The van der Waals surface area contributed by atoms with Crippen molar-refractivity contribution in [1.29, 1.82) is 0 Å². The highest BCUT2D eigenvalue weighted by Crippen LogP contribution is 2.32. The number of carboxylic acids is 1. The van der Waals surface area contributed by atoms with Gasteiger partial charge in [-0.3, -0.25) is 0 Å². The molecule has 1 N–H and O–H groups in total. The zero-order chi connectivity index (χ0) is 25.1. The minimum atomic E-state index is -5.48. The standard InChI is InChI=1S/C21H15F3O8S2/c22-21(23,24)34(29,30)19-11-5-16(6-12-19)32-15-3-9-18(10-4-15)33(27,28)17-7-1-14(2-8-17)31-13-20(25)26/h1-12H,13H2,(H,25,26). The molecule has 3 aromatic carbocycles. The highest BCUT2D eigenvalue weighted by atomic mass is 32.2. The van der Waals surface area contributed by atoms with Gasteiger partial charge in [0.2, 0.25) is 9.84 Å². The molecule has 8 nitrogen and oxygen atoms in total. The molecule has 0 saturated carbocycles. The van der Waals surface area contributed by atoms with Crippen LogP contribution in [0.5, 0.6) is 17.2 Å². The molecule has 0 heterocycles. The first-order chi connectivity index (χ1) is 15.8. The van der Waals surface area contributed by atoms with Crippen molar-refractivity contribution in [3.05, 3.63) is 72.8 Å². The molecular formula is C21H15F3O8S2. The van der Waals surface area contributed by atoms with Crippen LogP contribution in [-0.4, -0.2) is 40.0 Å². The smallest absolute Gasteiger partial charge is 0.482 e. The summed E-state index contributed by atoms with van der Waals surface area (Å²) in [6.45, 7) is -0.575. The van der Waals surface area contributed by atoms with Crippen LogP contribution in [0.4, 0.5) is 13.2 Å². The number of benzene rings is 3. The molecule has 0 amide bonds. The van der Waals surface area contributed by atoms with Crippen LogP contribution in [0.1, 0.15) is 0 Å². The zero-order valence-corrected chi connectivity index (χ0v) is 18.5. The summed E-state index contributed by atoms with van der Waals surface area (Å²) in [6.07, 6.45) is 0. The molecule has 3 rings (SSSR count). The van der Waals surface area contributed by atoms with E-state index in [1.54, 1.807) is 0 Å². The van der Waals surface area contributed by atoms with Gasteiger partial charge in [-0.2, -0.15) is 13.2 Å². The van der Waals surface area contributed by atoms with Crippen molar-refractivity contribution in [2.24, 2.45) is 0 Å². The highest BCUT2D eigenvalue weighted by Gasteiger charge is 2.46. The number of ether oxygens (including phenoxy) is 2. The molecule has 0 aliphatic rings. The van der Waals surface area contributed by atoms with Crippen LogP contribution in [0, 0.1) is 0 Å². The summed E-state index contributed by atoms with van der Waals surface area (Å²) in [6, 6.07) is 13.9. The summed E-state index contributed by atoms with van der Waals surface area (Å²) < 4.78 is 96.6. The van der Waals surface area contributed by atoms with Gasteiger partial charge in [-0.25, -0.2) is 21.6 Å².